The summed E-state index contributed by atoms with van der Waals surface area (Å²) in [7, 11) is 0. The van der Waals surface area contributed by atoms with E-state index in [0.717, 1.165) is 11.3 Å². The van der Waals surface area contributed by atoms with E-state index in [-0.39, 0.29) is 12.3 Å². The van der Waals surface area contributed by atoms with Gasteiger partial charge in [0.25, 0.3) is 5.91 Å². The number of nitrogen functional groups attached to an aromatic ring is 1. The van der Waals surface area contributed by atoms with Crippen LogP contribution in [0.5, 0.6) is 0 Å². The maximum Gasteiger partial charge on any atom is 0.315 e. The van der Waals surface area contributed by atoms with Crippen molar-refractivity contribution in [3.63, 3.8) is 0 Å². The first-order chi connectivity index (χ1) is 7.13. The van der Waals surface area contributed by atoms with Gasteiger partial charge in [0.1, 0.15) is 6.42 Å². The Morgan fingerprint density at radius 2 is 2.27 bits per heavy atom. The molecule has 1 aromatic rings. The molecule has 0 aliphatic rings. The van der Waals surface area contributed by atoms with E-state index in [1.54, 1.807) is 12.1 Å². The maximum atomic E-state index is 11.0. The van der Waals surface area contributed by atoms with Crippen molar-refractivity contribution in [3.8, 4) is 11.8 Å². The molecule has 1 amide bonds. The number of hydrogen-bond donors (Lipinski definition) is 3. The van der Waals surface area contributed by atoms with Gasteiger partial charge in [-0.25, -0.2) is 5.84 Å². The van der Waals surface area contributed by atoms with Gasteiger partial charge in [-0.15, -0.1) is 11.3 Å². The van der Waals surface area contributed by atoms with Crippen LogP contribution in [0.15, 0.2) is 12.1 Å². The molecule has 0 saturated heterocycles. The van der Waals surface area contributed by atoms with Crippen LogP contribution in [-0.2, 0) is 4.79 Å². The van der Waals surface area contributed by atoms with Crippen LogP contribution in [0, 0.1) is 11.8 Å². The van der Waals surface area contributed by atoms with Crippen molar-refractivity contribution < 1.29 is 14.7 Å². The first kappa shape index (κ1) is 11.2. The van der Waals surface area contributed by atoms with E-state index in [0.29, 0.717) is 9.75 Å². The van der Waals surface area contributed by atoms with Crippen molar-refractivity contribution in [2.24, 2.45) is 5.84 Å². The lowest BCUT2D eigenvalue weighted by atomic mass is 10.4. The highest BCUT2D eigenvalue weighted by molar-refractivity contribution is 7.14. The van der Waals surface area contributed by atoms with Crippen LogP contribution in [0.25, 0.3) is 0 Å². The summed E-state index contributed by atoms with van der Waals surface area (Å²) in [4.78, 5) is 22.3. The third-order valence-electron chi connectivity index (χ3n) is 1.41. The summed E-state index contributed by atoms with van der Waals surface area (Å²) in [6.45, 7) is 0. The fraction of sp³-hybridized carbons (Fsp3) is 0.111. The van der Waals surface area contributed by atoms with Crippen LogP contribution in [-0.4, -0.2) is 17.0 Å². The van der Waals surface area contributed by atoms with Crippen LogP contribution >= 0.6 is 11.3 Å². The minimum Gasteiger partial charge on any atom is -0.481 e. The second-order valence-corrected chi connectivity index (χ2v) is 3.59. The highest BCUT2D eigenvalue weighted by Crippen LogP contribution is 2.14. The largest absolute Gasteiger partial charge is 0.481 e. The topological polar surface area (TPSA) is 92.4 Å². The third-order valence-corrected chi connectivity index (χ3v) is 2.41. The van der Waals surface area contributed by atoms with Crippen LogP contribution in [0.1, 0.15) is 21.0 Å². The van der Waals surface area contributed by atoms with Gasteiger partial charge in [0, 0.05) is 0 Å². The number of hydrogen-bond acceptors (Lipinski definition) is 4. The molecule has 0 aromatic carbocycles. The molecule has 1 heterocycles. The SMILES string of the molecule is NNC(=O)c1ccc(C#CCC(=O)O)s1. The minimum absolute atomic E-state index is 0.212. The number of hydrazine groups is 1. The van der Waals surface area contributed by atoms with E-state index in [1.807, 2.05) is 5.43 Å². The van der Waals surface area contributed by atoms with Crippen molar-refractivity contribution in [1.82, 2.24) is 5.43 Å². The first-order valence-electron chi connectivity index (χ1n) is 3.95. The van der Waals surface area contributed by atoms with Crippen LogP contribution in [0.4, 0.5) is 0 Å². The molecular weight excluding hydrogens is 216 g/mol. The number of rotatable bonds is 2. The molecule has 0 fully saturated rings. The molecule has 0 bridgehead atoms. The number of carbonyl (C=O) groups is 2. The number of amides is 1. The molecule has 0 radical (unpaired) electrons. The number of carbonyl (C=O) groups excluding carboxylic acids is 1. The third kappa shape index (κ3) is 3.42. The van der Waals surface area contributed by atoms with Gasteiger partial charge in [0.05, 0.1) is 9.75 Å². The Morgan fingerprint density at radius 1 is 1.53 bits per heavy atom. The molecule has 0 atom stereocenters. The van der Waals surface area contributed by atoms with E-state index >= 15 is 0 Å². The molecule has 5 nitrogen and oxygen atoms in total. The number of aliphatic carboxylic acids is 1. The van der Waals surface area contributed by atoms with Crippen molar-refractivity contribution in [2.45, 2.75) is 6.42 Å². The van der Waals surface area contributed by atoms with Gasteiger partial charge < -0.3 is 5.11 Å². The lowest BCUT2D eigenvalue weighted by Crippen LogP contribution is -2.29. The summed E-state index contributed by atoms with van der Waals surface area (Å²) in [5.41, 5.74) is 2.00. The Morgan fingerprint density at radius 3 is 2.87 bits per heavy atom. The Balaban J connectivity index is 2.71. The second kappa shape index (κ2) is 5.14. The zero-order chi connectivity index (χ0) is 11.3. The van der Waals surface area contributed by atoms with E-state index in [4.69, 9.17) is 10.9 Å². The van der Waals surface area contributed by atoms with Gasteiger partial charge in [-0.2, -0.15) is 0 Å². The zero-order valence-corrected chi connectivity index (χ0v) is 8.43. The van der Waals surface area contributed by atoms with Crippen molar-refractivity contribution in [1.29, 1.82) is 0 Å². The summed E-state index contributed by atoms with van der Waals surface area (Å²) < 4.78 is 0. The fourth-order valence-electron chi connectivity index (χ4n) is 0.805. The highest BCUT2D eigenvalue weighted by atomic mass is 32.1. The van der Waals surface area contributed by atoms with Gasteiger partial charge in [-0.3, -0.25) is 15.0 Å². The number of carboxylic acid groups (broad SMARTS) is 1. The summed E-state index contributed by atoms with van der Waals surface area (Å²) in [6.07, 6.45) is -0.212. The summed E-state index contributed by atoms with van der Waals surface area (Å²) >= 11 is 1.16. The minimum atomic E-state index is -0.973. The van der Waals surface area contributed by atoms with Crippen LogP contribution in [0.2, 0.25) is 0 Å². The molecule has 0 spiro atoms. The quantitative estimate of drug-likeness (QED) is 0.289. The van der Waals surface area contributed by atoms with Gasteiger partial charge in [0.15, 0.2) is 0 Å². The van der Waals surface area contributed by atoms with E-state index in [9.17, 15) is 9.59 Å². The molecule has 78 valence electrons. The second-order valence-electron chi connectivity index (χ2n) is 2.51. The molecular formula is C9H8N2O3S. The summed E-state index contributed by atoms with van der Waals surface area (Å²) in [5.74, 6) is 8.70. The van der Waals surface area contributed by atoms with Gasteiger partial charge >= 0.3 is 5.97 Å². The summed E-state index contributed by atoms with van der Waals surface area (Å²) in [5, 5.41) is 8.34. The molecule has 1 aromatic heterocycles. The Bertz CT molecular complexity index is 442. The smallest absolute Gasteiger partial charge is 0.315 e. The first-order valence-corrected chi connectivity index (χ1v) is 4.76. The van der Waals surface area contributed by atoms with Crippen LogP contribution < -0.4 is 11.3 Å². The predicted octanol–water partition coefficient (Wildman–Crippen LogP) is 0.178. The lowest BCUT2D eigenvalue weighted by Gasteiger charge is -1.91. The molecule has 0 saturated carbocycles. The molecule has 0 aliphatic carbocycles. The average Bonchev–Trinajstić information content (AvgIpc) is 2.65. The van der Waals surface area contributed by atoms with Gasteiger partial charge in [-0.05, 0) is 12.1 Å². The molecule has 4 N–H and O–H groups in total. The Labute approximate surface area is 89.9 Å². The zero-order valence-electron chi connectivity index (χ0n) is 7.61. The van der Waals surface area contributed by atoms with Gasteiger partial charge in [0.2, 0.25) is 0 Å². The molecule has 6 heteroatoms. The Hall–Kier alpha value is -1.84. The summed E-state index contributed by atoms with van der Waals surface area (Å²) in [6, 6.07) is 3.22. The van der Waals surface area contributed by atoms with Crippen LogP contribution in [0.3, 0.4) is 0 Å². The number of nitrogens with two attached hydrogens (primary N) is 1. The number of carboxylic acids is 1. The molecule has 1 rings (SSSR count). The fourth-order valence-corrected chi connectivity index (χ4v) is 1.59. The van der Waals surface area contributed by atoms with E-state index < -0.39 is 5.97 Å². The van der Waals surface area contributed by atoms with Gasteiger partial charge in [-0.1, -0.05) is 11.8 Å². The standard InChI is InChI=1S/C9H8N2O3S/c10-11-9(14)7-5-4-6(15-7)2-1-3-8(12)13/h4-5H,3,10H2,(H,11,14)(H,12,13). The van der Waals surface area contributed by atoms with E-state index in [2.05, 4.69) is 11.8 Å². The normalized spacial score (nSPS) is 8.87. The number of nitrogens with one attached hydrogen (secondary N) is 1. The molecule has 15 heavy (non-hydrogen) atoms. The van der Waals surface area contributed by atoms with Crippen molar-refractivity contribution in [2.75, 3.05) is 0 Å². The maximum absolute atomic E-state index is 11.0. The predicted molar refractivity (Wildman–Crippen MR) is 55.1 cm³/mol. The highest BCUT2D eigenvalue weighted by Gasteiger charge is 2.05. The molecule has 0 aliphatic heterocycles. The van der Waals surface area contributed by atoms with Crippen molar-refractivity contribution in [3.05, 3.63) is 21.9 Å². The monoisotopic (exact) mass is 224 g/mol. The van der Waals surface area contributed by atoms with E-state index in [1.165, 1.54) is 0 Å². The average molecular weight is 224 g/mol. The van der Waals surface area contributed by atoms with Crippen molar-refractivity contribution >= 4 is 23.2 Å². The number of thiophene rings is 1. The lowest BCUT2D eigenvalue weighted by molar-refractivity contribution is -0.135. The molecule has 0 unspecified atom stereocenters. The Kier molecular flexibility index (Phi) is 3.85.